The monoisotopic (exact) mass is 268 g/mol. The molecule has 2 fully saturated rings. The van der Waals surface area contributed by atoms with Crippen LogP contribution in [0.3, 0.4) is 0 Å². The van der Waals surface area contributed by atoms with Crippen LogP contribution in [-0.2, 0) is 9.53 Å². The Kier molecular flexibility index (Phi) is 5.22. The number of rotatable bonds is 5. The maximum Gasteiger partial charge on any atom is 0.226 e. The van der Waals surface area contributed by atoms with Crippen molar-refractivity contribution in [3.63, 3.8) is 0 Å². The van der Waals surface area contributed by atoms with Gasteiger partial charge in [-0.1, -0.05) is 13.3 Å². The molecule has 0 aromatic rings. The number of nitrogens with one attached hydrogen (secondary N) is 2. The lowest BCUT2D eigenvalue weighted by atomic mass is 9.74. The minimum absolute atomic E-state index is 0.138. The SMILES string of the molecule is CCCC1(C(=O)NC2CCCC2OC)CCNCC1. The molecule has 2 aliphatic rings. The molecule has 2 unspecified atom stereocenters. The molecule has 4 nitrogen and oxygen atoms in total. The minimum Gasteiger partial charge on any atom is -0.379 e. The number of amides is 1. The standard InChI is InChI=1S/C15H28N2O2/c1-3-7-15(8-10-16-11-9-15)14(18)17-12-5-4-6-13(12)19-2/h12-13,16H,3-11H2,1-2H3,(H,17,18). The molecule has 2 rings (SSSR count). The molecule has 2 atom stereocenters. The molecule has 0 aromatic carbocycles. The molecule has 19 heavy (non-hydrogen) atoms. The molecule has 0 aromatic heterocycles. The molecular weight excluding hydrogens is 240 g/mol. The van der Waals surface area contributed by atoms with E-state index in [9.17, 15) is 4.79 Å². The van der Waals surface area contributed by atoms with Crippen LogP contribution in [0.2, 0.25) is 0 Å². The minimum atomic E-state index is -0.138. The summed E-state index contributed by atoms with van der Waals surface area (Å²) in [5, 5.41) is 6.65. The summed E-state index contributed by atoms with van der Waals surface area (Å²) in [4.78, 5) is 12.7. The largest absolute Gasteiger partial charge is 0.379 e. The van der Waals surface area contributed by atoms with Crippen molar-refractivity contribution in [1.29, 1.82) is 0 Å². The maximum absolute atomic E-state index is 12.7. The van der Waals surface area contributed by atoms with Crippen LogP contribution in [0.1, 0.15) is 51.9 Å². The van der Waals surface area contributed by atoms with E-state index in [1.807, 2.05) is 0 Å². The Hall–Kier alpha value is -0.610. The quantitative estimate of drug-likeness (QED) is 0.800. The van der Waals surface area contributed by atoms with E-state index < -0.39 is 0 Å². The molecule has 1 aliphatic heterocycles. The van der Waals surface area contributed by atoms with Crippen molar-refractivity contribution >= 4 is 5.91 Å². The first-order valence-corrected chi connectivity index (χ1v) is 7.76. The zero-order chi connectivity index (χ0) is 13.7. The van der Waals surface area contributed by atoms with Gasteiger partial charge in [-0.3, -0.25) is 4.79 Å². The molecule has 1 heterocycles. The zero-order valence-electron chi connectivity index (χ0n) is 12.3. The summed E-state index contributed by atoms with van der Waals surface area (Å²) in [6.07, 6.45) is 7.52. The number of hydrogen-bond acceptors (Lipinski definition) is 3. The van der Waals surface area contributed by atoms with Crippen molar-refractivity contribution in [2.75, 3.05) is 20.2 Å². The van der Waals surface area contributed by atoms with Crippen molar-refractivity contribution < 1.29 is 9.53 Å². The van der Waals surface area contributed by atoms with Gasteiger partial charge in [0, 0.05) is 7.11 Å². The fourth-order valence-corrected chi connectivity index (χ4v) is 3.67. The molecule has 1 saturated heterocycles. The normalized spacial score (nSPS) is 30.2. The summed E-state index contributed by atoms with van der Waals surface area (Å²) < 4.78 is 5.48. The molecular formula is C15H28N2O2. The van der Waals surface area contributed by atoms with E-state index in [4.69, 9.17) is 4.74 Å². The lowest BCUT2D eigenvalue weighted by Gasteiger charge is -2.37. The predicted octanol–water partition coefficient (Wildman–Crippen LogP) is 1.84. The first-order valence-electron chi connectivity index (χ1n) is 7.76. The molecule has 0 spiro atoms. The molecule has 110 valence electrons. The van der Waals surface area contributed by atoms with Crippen LogP contribution in [0.4, 0.5) is 0 Å². The number of piperidine rings is 1. The highest BCUT2D eigenvalue weighted by molar-refractivity contribution is 5.83. The van der Waals surface area contributed by atoms with Gasteiger partial charge >= 0.3 is 0 Å². The fraction of sp³-hybridized carbons (Fsp3) is 0.933. The van der Waals surface area contributed by atoms with Gasteiger partial charge in [-0.15, -0.1) is 0 Å². The summed E-state index contributed by atoms with van der Waals surface area (Å²) in [5.74, 6) is 0.268. The Morgan fingerprint density at radius 1 is 1.37 bits per heavy atom. The molecule has 4 heteroatoms. The van der Waals surface area contributed by atoms with Crippen molar-refractivity contribution in [3.8, 4) is 0 Å². The Morgan fingerprint density at radius 3 is 2.74 bits per heavy atom. The molecule has 1 saturated carbocycles. The Bertz CT molecular complexity index is 295. The van der Waals surface area contributed by atoms with Gasteiger partial charge in [-0.25, -0.2) is 0 Å². The lowest BCUT2D eigenvalue weighted by molar-refractivity contribution is -0.134. The predicted molar refractivity (Wildman–Crippen MR) is 76.0 cm³/mol. The van der Waals surface area contributed by atoms with Crippen LogP contribution in [0.25, 0.3) is 0 Å². The highest BCUT2D eigenvalue weighted by atomic mass is 16.5. The van der Waals surface area contributed by atoms with Crippen LogP contribution in [0, 0.1) is 5.41 Å². The van der Waals surface area contributed by atoms with E-state index in [1.165, 1.54) is 0 Å². The van der Waals surface area contributed by atoms with Gasteiger partial charge in [0.05, 0.1) is 17.6 Å². The number of carbonyl (C=O) groups is 1. The second-order valence-corrected chi connectivity index (χ2v) is 6.07. The third-order valence-electron chi connectivity index (χ3n) is 4.84. The first kappa shape index (κ1) is 14.8. The summed E-state index contributed by atoms with van der Waals surface area (Å²) in [6.45, 7) is 4.10. The Labute approximate surface area is 116 Å². The average Bonchev–Trinajstić information content (AvgIpc) is 2.87. The number of hydrogen-bond donors (Lipinski definition) is 2. The number of carbonyl (C=O) groups excluding carboxylic acids is 1. The second kappa shape index (κ2) is 6.71. The Balaban J connectivity index is 1.99. The van der Waals surface area contributed by atoms with E-state index in [1.54, 1.807) is 7.11 Å². The third kappa shape index (κ3) is 3.29. The molecule has 2 N–H and O–H groups in total. The summed E-state index contributed by atoms with van der Waals surface area (Å²) in [6, 6.07) is 0.223. The van der Waals surface area contributed by atoms with E-state index in [0.717, 1.165) is 58.0 Å². The van der Waals surface area contributed by atoms with Crippen LogP contribution in [0.15, 0.2) is 0 Å². The summed E-state index contributed by atoms with van der Waals surface area (Å²) >= 11 is 0. The number of methoxy groups -OCH3 is 1. The van der Waals surface area contributed by atoms with Crippen LogP contribution >= 0.6 is 0 Å². The molecule has 0 bridgehead atoms. The van der Waals surface area contributed by atoms with E-state index >= 15 is 0 Å². The van der Waals surface area contributed by atoms with Gasteiger partial charge in [-0.05, 0) is 51.6 Å². The van der Waals surface area contributed by atoms with Crippen LogP contribution in [0.5, 0.6) is 0 Å². The van der Waals surface area contributed by atoms with Gasteiger partial charge in [0.1, 0.15) is 0 Å². The van der Waals surface area contributed by atoms with Crippen molar-refractivity contribution in [3.05, 3.63) is 0 Å². The van der Waals surface area contributed by atoms with E-state index in [-0.39, 0.29) is 23.5 Å². The Morgan fingerprint density at radius 2 is 2.11 bits per heavy atom. The highest BCUT2D eigenvalue weighted by Gasteiger charge is 2.40. The van der Waals surface area contributed by atoms with E-state index in [2.05, 4.69) is 17.6 Å². The van der Waals surface area contributed by atoms with Crippen LogP contribution in [-0.4, -0.2) is 38.3 Å². The van der Waals surface area contributed by atoms with E-state index in [0.29, 0.717) is 0 Å². The zero-order valence-corrected chi connectivity index (χ0v) is 12.3. The lowest BCUT2D eigenvalue weighted by Crippen LogP contribution is -2.52. The topological polar surface area (TPSA) is 50.4 Å². The van der Waals surface area contributed by atoms with Gasteiger partial charge in [0.15, 0.2) is 0 Å². The highest BCUT2D eigenvalue weighted by Crippen LogP contribution is 2.35. The molecule has 0 radical (unpaired) electrons. The van der Waals surface area contributed by atoms with Crippen LogP contribution < -0.4 is 10.6 Å². The van der Waals surface area contributed by atoms with Crippen molar-refractivity contribution in [2.45, 2.75) is 64.0 Å². The van der Waals surface area contributed by atoms with Crippen molar-refractivity contribution in [1.82, 2.24) is 10.6 Å². The van der Waals surface area contributed by atoms with Gasteiger partial charge in [0.25, 0.3) is 0 Å². The second-order valence-electron chi connectivity index (χ2n) is 6.07. The molecule has 1 aliphatic carbocycles. The third-order valence-corrected chi connectivity index (χ3v) is 4.84. The first-order chi connectivity index (χ1) is 9.22. The molecule has 1 amide bonds. The smallest absolute Gasteiger partial charge is 0.226 e. The van der Waals surface area contributed by atoms with Gasteiger partial charge < -0.3 is 15.4 Å². The fourth-order valence-electron chi connectivity index (χ4n) is 3.67. The average molecular weight is 268 g/mol. The number of ether oxygens (including phenoxy) is 1. The van der Waals surface area contributed by atoms with Gasteiger partial charge in [0.2, 0.25) is 5.91 Å². The summed E-state index contributed by atoms with van der Waals surface area (Å²) in [7, 11) is 1.75. The van der Waals surface area contributed by atoms with Crippen molar-refractivity contribution in [2.24, 2.45) is 5.41 Å². The summed E-state index contributed by atoms with van der Waals surface area (Å²) in [5.41, 5.74) is -0.138. The van der Waals surface area contributed by atoms with Gasteiger partial charge in [-0.2, -0.15) is 0 Å². The maximum atomic E-state index is 12.7.